The van der Waals surface area contributed by atoms with Crippen molar-refractivity contribution in [2.75, 3.05) is 11.9 Å². The Hall–Kier alpha value is -5.21. The van der Waals surface area contributed by atoms with Crippen LogP contribution in [-0.2, 0) is 14.9 Å². The van der Waals surface area contributed by atoms with Gasteiger partial charge >= 0.3 is 10.1 Å². The molecule has 0 aliphatic heterocycles. The standard InChI is InChI=1S/C28H21N3O7S/c1-2-37-27-17-19(10-15-26(27)38-39(35,36)23-13-11-22(12-14-23)31(33)34)16-21(18-29)28(32)30-25-9-5-7-20-6-3-4-8-24(20)25/h3-17H,2H2,1H3,(H,30,32)/b21-16+. The van der Waals surface area contributed by atoms with Crippen molar-refractivity contribution in [1.29, 1.82) is 5.26 Å². The maximum absolute atomic E-state index is 12.9. The fourth-order valence-corrected chi connectivity index (χ4v) is 4.63. The number of benzene rings is 4. The number of rotatable bonds is 9. The number of hydrogen-bond acceptors (Lipinski definition) is 8. The van der Waals surface area contributed by atoms with Gasteiger partial charge in [-0.15, -0.1) is 0 Å². The van der Waals surface area contributed by atoms with Crippen LogP contribution in [0.2, 0.25) is 0 Å². The number of anilines is 1. The molecule has 0 saturated carbocycles. The van der Waals surface area contributed by atoms with Crippen molar-refractivity contribution in [3.05, 3.63) is 106 Å². The third-order valence-electron chi connectivity index (χ3n) is 5.52. The Kier molecular flexibility index (Phi) is 7.88. The summed E-state index contributed by atoms with van der Waals surface area (Å²) in [5.41, 5.74) is 0.494. The lowest BCUT2D eigenvalue weighted by Gasteiger charge is -2.13. The van der Waals surface area contributed by atoms with E-state index in [0.717, 1.165) is 35.0 Å². The van der Waals surface area contributed by atoms with Crippen LogP contribution in [0.4, 0.5) is 11.4 Å². The largest absolute Gasteiger partial charge is 0.490 e. The van der Waals surface area contributed by atoms with E-state index in [9.17, 15) is 28.6 Å². The number of nitriles is 1. The van der Waals surface area contributed by atoms with Gasteiger partial charge < -0.3 is 14.2 Å². The molecule has 0 unspecified atom stereocenters. The molecular formula is C28H21N3O7S. The van der Waals surface area contributed by atoms with E-state index in [1.165, 1.54) is 24.3 Å². The number of nitrogens with zero attached hydrogens (tertiary/aromatic N) is 2. The SMILES string of the molecule is CCOc1cc(/C=C(\C#N)C(=O)Nc2cccc3ccccc23)ccc1OS(=O)(=O)c1ccc([N+](=O)[O-])cc1. The highest BCUT2D eigenvalue weighted by molar-refractivity contribution is 7.87. The summed E-state index contributed by atoms with van der Waals surface area (Å²) in [6.07, 6.45) is 1.34. The number of carbonyl (C=O) groups is 1. The van der Waals surface area contributed by atoms with E-state index in [4.69, 9.17) is 8.92 Å². The predicted molar refractivity (Wildman–Crippen MR) is 145 cm³/mol. The minimum Gasteiger partial charge on any atom is -0.490 e. The number of hydrogen-bond donors (Lipinski definition) is 1. The number of carbonyl (C=O) groups excluding carboxylic acids is 1. The van der Waals surface area contributed by atoms with Crippen LogP contribution in [0, 0.1) is 21.4 Å². The summed E-state index contributed by atoms with van der Waals surface area (Å²) >= 11 is 0. The molecule has 10 nitrogen and oxygen atoms in total. The smallest absolute Gasteiger partial charge is 0.339 e. The highest BCUT2D eigenvalue weighted by atomic mass is 32.2. The van der Waals surface area contributed by atoms with Crippen molar-refractivity contribution in [3.63, 3.8) is 0 Å². The van der Waals surface area contributed by atoms with E-state index >= 15 is 0 Å². The molecule has 0 aromatic heterocycles. The Morgan fingerprint density at radius 3 is 2.44 bits per heavy atom. The van der Waals surface area contributed by atoms with Gasteiger partial charge in [-0.2, -0.15) is 13.7 Å². The van der Waals surface area contributed by atoms with Crippen LogP contribution < -0.4 is 14.2 Å². The second kappa shape index (κ2) is 11.5. The van der Waals surface area contributed by atoms with Gasteiger partial charge in [0.25, 0.3) is 11.6 Å². The zero-order valence-electron chi connectivity index (χ0n) is 20.5. The Morgan fingerprint density at radius 2 is 1.74 bits per heavy atom. The molecule has 196 valence electrons. The third kappa shape index (κ3) is 6.20. The first kappa shape index (κ1) is 26.8. The number of nitrogens with one attached hydrogen (secondary N) is 1. The molecule has 0 fully saturated rings. The third-order valence-corrected chi connectivity index (χ3v) is 6.77. The Balaban J connectivity index is 1.59. The van der Waals surface area contributed by atoms with Gasteiger partial charge in [0.2, 0.25) is 0 Å². The van der Waals surface area contributed by atoms with Crippen molar-refractivity contribution >= 4 is 44.2 Å². The van der Waals surface area contributed by atoms with Crippen LogP contribution in [0.25, 0.3) is 16.8 Å². The minimum absolute atomic E-state index is 0.0588. The number of ether oxygens (including phenoxy) is 1. The van der Waals surface area contributed by atoms with Crippen molar-refractivity contribution < 1.29 is 27.1 Å². The molecular weight excluding hydrogens is 522 g/mol. The average molecular weight is 544 g/mol. The fourth-order valence-electron chi connectivity index (χ4n) is 3.69. The molecule has 0 heterocycles. The Bertz CT molecular complexity index is 1740. The monoisotopic (exact) mass is 543 g/mol. The van der Waals surface area contributed by atoms with E-state index < -0.39 is 20.9 Å². The molecule has 0 spiro atoms. The van der Waals surface area contributed by atoms with E-state index in [1.54, 1.807) is 19.1 Å². The quantitative estimate of drug-likeness (QED) is 0.0962. The molecule has 4 rings (SSSR count). The van der Waals surface area contributed by atoms with Crippen LogP contribution in [0.1, 0.15) is 12.5 Å². The number of amides is 1. The molecule has 1 N–H and O–H groups in total. The molecule has 11 heteroatoms. The van der Waals surface area contributed by atoms with Crippen LogP contribution in [0.5, 0.6) is 11.5 Å². The molecule has 1 amide bonds. The summed E-state index contributed by atoms with van der Waals surface area (Å²) in [5.74, 6) is -0.692. The van der Waals surface area contributed by atoms with Gasteiger partial charge in [0.05, 0.1) is 11.5 Å². The summed E-state index contributed by atoms with van der Waals surface area (Å²) in [7, 11) is -4.34. The van der Waals surface area contributed by atoms with Gasteiger partial charge in [-0.3, -0.25) is 14.9 Å². The van der Waals surface area contributed by atoms with E-state index in [1.807, 2.05) is 36.4 Å². The lowest BCUT2D eigenvalue weighted by Crippen LogP contribution is -2.13. The van der Waals surface area contributed by atoms with Gasteiger partial charge in [0.1, 0.15) is 16.5 Å². The molecule has 0 radical (unpaired) electrons. The van der Waals surface area contributed by atoms with Crippen molar-refractivity contribution in [1.82, 2.24) is 0 Å². The maximum Gasteiger partial charge on any atom is 0.339 e. The predicted octanol–water partition coefficient (Wildman–Crippen LogP) is 5.46. The lowest BCUT2D eigenvalue weighted by molar-refractivity contribution is -0.384. The van der Waals surface area contributed by atoms with Crippen LogP contribution in [-0.4, -0.2) is 25.9 Å². The Labute approximate surface area is 224 Å². The molecule has 39 heavy (non-hydrogen) atoms. The highest BCUT2D eigenvalue weighted by Crippen LogP contribution is 2.32. The average Bonchev–Trinajstić information content (AvgIpc) is 2.93. The molecule has 0 aliphatic rings. The first-order valence-electron chi connectivity index (χ1n) is 11.6. The first-order valence-corrected chi connectivity index (χ1v) is 13.0. The van der Waals surface area contributed by atoms with Crippen LogP contribution in [0.15, 0.2) is 95.4 Å². The van der Waals surface area contributed by atoms with Crippen molar-refractivity contribution in [2.45, 2.75) is 11.8 Å². The molecule has 0 atom stereocenters. The minimum atomic E-state index is -4.34. The number of fused-ring (bicyclic) bond motifs is 1. The van der Waals surface area contributed by atoms with Gasteiger partial charge in [-0.05, 0) is 54.3 Å². The van der Waals surface area contributed by atoms with Gasteiger partial charge in [-0.25, -0.2) is 0 Å². The number of non-ortho nitro benzene ring substituents is 1. The second-order valence-corrected chi connectivity index (χ2v) is 9.62. The Morgan fingerprint density at radius 1 is 1.03 bits per heavy atom. The number of nitro benzene ring substituents is 1. The fraction of sp³-hybridized carbons (Fsp3) is 0.0714. The van der Waals surface area contributed by atoms with Crippen molar-refractivity contribution in [2.24, 2.45) is 0 Å². The molecule has 4 aromatic carbocycles. The highest BCUT2D eigenvalue weighted by Gasteiger charge is 2.21. The summed E-state index contributed by atoms with van der Waals surface area (Å²) < 4.78 is 36.3. The lowest BCUT2D eigenvalue weighted by atomic mass is 10.1. The van der Waals surface area contributed by atoms with Crippen LogP contribution in [0.3, 0.4) is 0 Å². The normalized spacial score (nSPS) is 11.4. The summed E-state index contributed by atoms with van der Waals surface area (Å²) in [6.45, 7) is 1.86. The van der Waals surface area contributed by atoms with E-state index in [0.29, 0.717) is 11.3 Å². The van der Waals surface area contributed by atoms with Crippen LogP contribution >= 0.6 is 0 Å². The van der Waals surface area contributed by atoms with E-state index in [2.05, 4.69) is 5.32 Å². The van der Waals surface area contributed by atoms with Crippen molar-refractivity contribution in [3.8, 4) is 17.6 Å². The zero-order chi connectivity index (χ0) is 28.0. The van der Waals surface area contributed by atoms with Gasteiger partial charge in [0, 0.05) is 23.2 Å². The molecule has 0 aliphatic carbocycles. The molecule has 0 bridgehead atoms. The summed E-state index contributed by atoms with van der Waals surface area (Å²) in [6, 6.07) is 23.3. The topological polar surface area (TPSA) is 149 Å². The summed E-state index contributed by atoms with van der Waals surface area (Å²) in [5, 5.41) is 25.0. The van der Waals surface area contributed by atoms with E-state index in [-0.39, 0.29) is 34.3 Å². The molecule has 0 saturated heterocycles. The van der Waals surface area contributed by atoms with Gasteiger partial charge in [0.15, 0.2) is 11.5 Å². The first-order chi connectivity index (χ1) is 18.7. The maximum atomic E-state index is 12.9. The summed E-state index contributed by atoms with van der Waals surface area (Å²) in [4.78, 5) is 22.8. The molecule has 4 aromatic rings. The number of nitro groups is 1. The zero-order valence-corrected chi connectivity index (χ0v) is 21.3. The van der Waals surface area contributed by atoms with Gasteiger partial charge in [-0.1, -0.05) is 42.5 Å². The second-order valence-electron chi connectivity index (χ2n) is 8.08.